The summed E-state index contributed by atoms with van der Waals surface area (Å²) < 4.78 is 5.54. The highest BCUT2D eigenvalue weighted by Gasteiger charge is 2.20. The molecule has 0 aliphatic rings. The summed E-state index contributed by atoms with van der Waals surface area (Å²) in [5.41, 5.74) is 5.96. The smallest absolute Gasteiger partial charge is 0.343 e. The molecule has 1 aromatic heterocycles. The maximum atomic E-state index is 13.2. The summed E-state index contributed by atoms with van der Waals surface area (Å²) in [6.07, 6.45) is 1.42. The molecule has 1 heterocycles. The largest absolute Gasteiger partial charge is 0.422 e. The van der Waals surface area contributed by atoms with E-state index in [1.165, 1.54) is 6.21 Å². The third kappa shape index (κ3) is 5.26. The molecule has 8 heteroatoms. The number of hydrogen-bond acceptors (Lipinski definition) is 4. The number of esters is 1. The van der Waals surface area contributed by atoms with Gasteiger partial charge >= 0.3 is 5.97 Å². The molecule has 6 nitrogen and oxygen atoms in total. The lowest BCUT2D eigenvalue weighted by Crippen LogP contribution is -2.19. The van der Waals surface area contributed by atoms with Crippen molar-refractivity contribution in [2.24, 2.45) is 5.10 Å². The van der Waals surface area contributed by atoms with Crippen LogP contribution in [0, 0.1) is 0 Å². The highest BCUT2D eigenvalue weighted by Crippen LogP contribution is 2.36. The van der Waals surface area contributed by atoms with Crippen LogP contribution in [0.2, 0.25) is 10.0 Å². The van der Waals surface area contributed by atoms with Crippen LogP contribution < -0.4 is 10.2 Å². The number of rotatable bonds is 6. The number of nitrogens with zero attached hydrogens (tertiary/aromatic N) is 1. The molecule has 2 N–H and O–H groups in total. The van der Waals surface area contributed by atoms with E-state index in [9.17, 15) is 9.59 Å². The van der Waals surface area contributed by atoms with E-state index in [1.807, 2.05) is 42.5 Å². The Hall–Kier alpha value is -4.39. The van der Waals surface area contributed by atoms with Gasteiger partial charge in [-0.3, -0.25) is 4.79 Å². The molecule has 4 aromatic carbocycles. The zero-order chi connectivity index (χ0) is 25.8. The fourth-order valence-corrected chi connectivity index (χ4v) is 4.25. The van der Waals surface area contributed by atoms with Crippen LogP contribution in [0.25, 0.3) is 22.0 Å². The predicted octanol–water partition coefficient (Wildman–Crippen LogP) is 7.12. The number of para-hydroxylation sites is 2. The molecular formula is C29H19Cl2N3O3. The number of ether oxygens (including phenoxy) is 1. The number of hydrogen-bond donors (Lipinski definition) is 2. The Balaban J connectivity index is 1.39. The van der Waals surface area contributed by atoms with Crippen LogP contribution in [0.15, 0.2) is 102 Å². The van der Waals surface area contributed by atoms with Gasteiger partial charge in [0.1, 0.15) is 11.4 Å². The summed E-state index contributed by atoms with van der Waals surface area (Å²) in [5.74, 6) is -0.690. The maximum absolute atomic E-state index is 13.2. The normalized spacial score (nSPS) is 11.1. The Bertz CT molecular complexity index is 1640. The topological polar surface area (TPSA) is 83.5 Å². The zero-order valence-electron chi connectivity index (χ0n) is 19.2. The standard InChI is InChI=1S/C29H19Cl2N3O3/c30-20-15-13-18(14-16-20)29(36)37-25-12-6-1-7-19(25)17-32-34-28(35)27-26(21-8-2-4-10-23(21)31)22-9-3-5-11-24(22)33-27/h1-17,33H,(H,34,35). The molecule has 182 valence electrons. The Morgan fingerprint density at radius 1 is 0.838 bits per heavy atom. The SMILES string of the molecule is O=C(Oc1ccccc1C=NNC(=O)c1[nH]c2ccccc2c1-c1ccccc1Cl)c1ccc(Cl)cc1. The van der Waals surface area contributed by atoms with Crippen molar-refractivity contribution in [1.82, 2.24) is 10.4 Å². The minimum Gasteiger partial charge on any atom is -0.422 e. The van der Waals surface area contributed by atoms with E-state index in [0.29, 0.717) is 38.2 Å². The second-order valence-electron chi connectivity index (χ2n) is 8.03. The van der Waals surface area contributed by atoms with E-state index in [1.54, 1.807) is 54.6 Å². The van der Waals surface area contributed by atoms with Crippen molar-refractivity contribution in [3.05, 3.63) is 124 Å². The molecule has 0 saturated heterocycles. The number of aromatic amines is 1. The molecule has 5 rings (SSSR count). The fourth-order valence-electron chi connectivity index (χ4n) is 3.90. The summed E-state index contributed by atoms with van der Waals surface area (Å²) in [4.78, 5) is 28.9. The van der Waals surface area contributed by atoms with Crippen molar-refractivity contribution in [2.45, 2.75) is 0 Å². The van der Waals surface area contributed by atoms with E-state index < -0.39 is 11.9 Å². The zero-order valence-corrected chi connectivity index (χ0v) is 20.8. The minimum atomic E-state index is -0.538. The number of halogens is 2. The number of fused-ring (bicyclic) bond motifs is 1. The Morgan fingerprint density at radius 2 is 1.54 bits per heavy atom. The predicted molar refractivity (Wildman–Crippen MR) is 147 cm³/mol. The van der Waals surface area contributed by atoms with E-state index in [4.69, 9.17) is 27.9 Å². The van der Waals surface area contributed by atoms with Gasteiger partial charge in [0.15, 0.2) is 0 Å². The van der Waals surface area contributed by atoms with Gasteiger partial charge in [-0.05, 0) is 48.5 Å². The first kappa shape index (κ1) is 24.3. The molecule has 0 bridgehead atoms. The number of amides is 1. The fraction of sp³-hybridized carbons (Fsp3) is 0. The molecule has 0 aliphatic carbocycles. The molecule has 0 unspecified atom stereocenters. The third-order valence-corrected chi connectivity index (χ3v) is 6.23. The minimum absolute atomic E-state index is 0.294. The number of H-pyrrole nitrogens is 1. The van der Waals surface area contributed by atoms with Gasteiger partial charge in [-0.25, -0.2) is 10.2 Å². The maximum Gasteiger partial charge on any atom is 0.343 e. The van der Waals surface area contributed by atoms with Crippen LogP contribution in [-0.2, 0) is 0 Å². The Labute approximate surface area is 222 Å². The van der Waals surface area contributed by atoms with Crippen molar-refractivity contribution in [1.29, 1.82) is 0 Å². The number of hydrazone groups is 1. The summed E-state index contributed by atoms with van der Waals surface area (Å²) in [6, 6.07) is 28.2. The number of aromatic nitrogens is 1. The van der Waals surface area contributed by atoms with E-state index in [2.05, 4.69) is 15.5 Å². The lowest BCUT2D eigenvalue weighted by molar-refractivity contribution is 0.0734. The van der Waals surface area contributed by atoms with Crippen LogP contribution in [0.4, 0.5) is 0 Å². The number of carbonyl (C=O) groups is 2. The van der Waals surface area contributed by atoms with Crippen LogP contribution in [0.3, 0.4) is 0 Å². The second kappa shape index (κ2) is 10.7. The van der Waals surface area contributed by atoms with Gasteiger partial charge in [0.2, 0.25) is 0 Å². The van der Waals surface area contributed by atoms with Crippen LogP contribution in [0.5, 0.6) is 5.75 Å². The molecule has 0 saturated carbocycles. The molecule has 5 aromatic rings. The Morgan fingerprint density at radius 3 is 2.35 bits per heavy atom. The highest BCUT2D eigenvalue weighted by atomic mass is 35.5. The van der Waals surface area contributed by atoms with Crippen molar-refractivity contribution >= 4 is 52.2 Å². The lowest BCUT2D eigenvalue weighted by atomic mass is 10.0. The average Bonchev–Trinajstić information content (AvgIpc) is 3.30. The van der Waals surface area contributed by atoms with Crippen molar-refractivity contribution in [3.63, 3.8) is 0 Å². The summed E-state index contributed by atoms with van der Waals surface area (Å²) in [6.45, 7) is 0. The van der Waals surface area contributed by atoms with Crippen LogP contribution >= 0.6 is 23.2 Å². The quantitative estimate of drug-likeness (QED) is 0.107. The molecule has 0 fully saturated rings. The van der Waals surface area contributed by atoms with Crippen molar-refractivity contribution in [3.8, 4) is 16.9 Å². The van der Waals surface area contributed by atoms with Gasteiger partial charge in [-0.2, -0.15) is 5.10 Å². The summed E-state index contributed by atoms with van der Waals surface area (Å²) in [7, 11) is 0. The van der Waals surface area contributed by atoms with E-state index in [0.717, 1.165) is 16.5 Å². The third-order valence-electron chi connectivity index (χ3n) is 5.65. The van der Waals surface area contributed by atoms with Crippen molar-refractivity contribution < 1.29 is 14.3 Å². The first-order valence-electron chi connectivity index (χ1n) is 11.3. The molecule has 37 heavy (non-hydrogen) atoms. The number of benzene rings is 4. The van der Waals surface area contributed by atoms with Gasteiger partial charge in [-0.15, -0.1) is 0 Å². The molecular weight excluding hydrogens is 509 g/mol. The van der Waals surface area contributed by atoms with Gasteiger partial charge in [0.25, 0.3) is 5.91 Å². The van der Waals surface area contributed by atoms with E-state index >= 15 is 0 Å². The summed E-state index contributed by atoms with van der Waals surface area (Å²) in [5, 5.41) is 6.03. The van der Waals surface area contributed by atoms with Gasteiger partial charge < -0.3 is 9.72 Å². The highest BCUT2D eigenvalue weighted by molar-refractivity contribution is 6.34. The van der Waals surface area contributed by atoms with Gasteiger partial charge in [0, 0.05) is 37.6 Å². The lowest BCUT2D eigenvalue weighted by Gasteiger charge is -2.08. The first-order valence-corrected chi connectivity index (χ1v) is 12.0. The molecule has 1 amide bonds. The monoisotopic (exact) mass is 527 g/mol. The number of carbonyl (C=O) groups excluding carboxylic acids is 2. The molecule has 0 atom stereocenters. The molecule has 0 radical (unpaired) electrons. The molecule has 0 spiro atoms. The van der Waals surface area contributed by atoms with Gasteiger partial charge in [-0.1, -0.05) is 71.7 Å². The summed E-state index contributed by atoms with van der Waals surface area (Å²) >= 11 is 12.4. The van der Waals surface area contributed by atoms with Crippen molar-refractivity contribution in [2.75, 3.05) is 0 Å². The van der Waals surface area contributed by atoms with E-state index in [-0.39, 0.29) is 0 Å². The van der Waals surface area contributed by atoms with Gasteiger partial charge in [0.05, 0.1) is 11.8 Å². The first-order chi connectivity index (χ1) is 18.0. The van der Waals surface area contributed by atoms with Crippen LogP contribution in [-0.4, -0.2) is 23.1 Å². The van der Waals surface area contributed by atoms with Crippen LogP contribution in [0.1, 0.15) is 26.4 Å². The molecule has 0 aliphatic heterocycles. The number of nitrogens with one attached hydrogen (secondary N) is 2. The Kier molecular flexibility index (Phi) is 7.03. The second-order valence-corrected chi connectivity index (χ2v) is 8.88. The average molecular weight is 528 g/mol.